The molecule has 2 aromatic carbocycles. The van der Waals surface area contributed by atoms with E-state index in [1.165, 1.54) is 11.3 Å². The predicted octanol–water partition coefficient (Wildman–Crippen LogP) is 5.97. The first-order chi connectivity index (χ1) is 16.5. The standard InChI is InChI=1S/C25H29ClN2O5S/c1-4-30-20-12-16(13-21(31-5-2)23(20)32-6-3)24(29)28(15-18-8-7-11-33-18)25-27-19-10-9-17(26)14-22(19)34-25/h9-10,12-14,18H,4-8,11,15H2,1-3H3. The fraction of sp³-hybridized carbons (Fsp3) is 0.440. The molecule has 182 valence electrons. The molecule has 9 heteroatoms. The Morgan fingerprint density at radius 2 is 1.82 bits per heavy atom. The Hall–Kier alpha value is -2.55. The second-order valence-corrected chi connectivity index (χ2v) is 9.21. The third kappa shape index (κ3) is 5.40. The molecule has 1 aliphatic rings. The van der Waals surface area contributed by atoms with Gasteiger partial charge in [-0.1, -0.05) is 22.9 Å². The normalized spacial score (nSPS) is 15.5. The van der Waals surface area contributed by atoms with E-state index in [1.54, 1.807) is 23.1 Å². The molecule has 0 saturated carbocycles. The van der Waals surface area contributed by atoms with Gasteiger partial charge in [-0.3, -0.25) is 9.69 Å². The number of carbonyl (C=O) groups excluding carboxylic acids is 1. The summed E-state index contributed by atoms with van der Waals surface area (Å²) in [5.74, 6) is 1.26. The predicted molar refractivity (Wildman–Crippen MR) is 135 cm³/mol. The van der Waals surface area contributed by atoms with Crippen LogP contribution in [0.4, 0.5) is 5.13 Å². The summed E-state index contributed by atoms with van der Waals surface area (Å²) < 4.78 is 24.2. The van der Waals surface area contributed by atoms with Gasteiger partial charge in [-0.15, -0.1) is 0 Å². The molecular weight excluding hydrogens is 476 g/mol. The maximum absolute atomic E-state index is 13.9. The first kappa shape index (κ1) is 24.6. The fourth-order valence-electron chi connectivity index (χ4n) is 3.91. The number of anilines is 1. The molecule has 1 atom stereocenters. The molecule has 1 aliphatic heterocycles. The van der Waals surface area contributed by atoms with Gasteiger partial charge in [0.2, 0.25) is 5.75 Å². The molecule has 34 heavy (non-hydrogen) atoms. The van der Waals surface area contributed by atoms with E-state index in [1.807, 2.05) is 32.9 Å². The minimum Gasteiger partial charge on any atom is -0.490 e. The Bertz CT molecular complexity index is 1120. The van der Waals surface area contributed by atoms with Crippen molar-refractivity contribution in [2.45, 2.75) is 39.7 Å². The van der Waals surface area contributed by atoms with E-state index in [2.05, 4.69) is 0 Å². The Labute approximate surface area is 208 Å². The highest BCUT2D eigenvalue weighted by Crippen LogP contribution is 2.40. The summed E-state index contributed by atoms with van der Waals surface area (Å²) in [6.07, 6.45) is 1.84. The van der Waals surface area contributed by atoms with E-state index in [9.17, 15) is 4.79 Å². The van der Waals surface area contributed by atoms with Crippen LogP contribution in [-0.2, 0) is 4.74 Å². The van der Waals surface area contributed by atoms with Crippen LogP contribution in [0.5, 0.6) is 17.2 Å². The van der Waals surface area contributed by atoms with Crippen molar-refractivity contribution in [2.24, 2.45) is 0 Å². The molecule has 4 rings (SSSR count). The quantitative estimate of drug-likeness (QED) is 0.338. The number of thiazole rings is 1. The molecule has 0 bridgehead atoms. The molecule has 1 unspecified atom stereocenters. The summed E-state index contributed by atoms with van der Waals surface area (Å²) in [6, 6.07) is 8.96. The Morgan fingerprint density at radius 1 is 1.12 bits per heavy atom. The van der Waals surface area contributed by atoms with E-state index in [4.69, 9.17) is 35.5 Å². The van der Waals surface area contributed by atoms with Crippen molar-refractivity contribution in [3.05, 3.63) is 40.9 Å². The smallest absolute Gasteiger partial charge is 0.260 e. The largest absolute Gasteiger partial charge is 0.490 e. The lowest BCUT2D eigenvalue weighted by molar-refractivity contribution is 0.0916. The van der Waals surface area contributed by atoms with Gasteiger partial charge in [-0.05, 0) is 63.9 Å². The Kier molecular flexibility index (Phi) is 8.13. The van der Waals surface area contributed by atoms with Crippen molar-refractivity contribution in [1.29, 1.82) is 0 Å². The number of carbonyl (C=O) groups is 1. The van der Waals surface area contributed by atoms with Gasteiger partial charge in [0, 0.05) is 17.2 Å². The summed E-state index contributed by atoms with van der Waals surface area (Å²) >= 11 is 7.61. The van der Waals surface area contributed by atoms with Crippen LogP contribution in [0, 0.1) is 0 Å². The van der Waals surface area contributed by atoms with Crippen molar-refractivity contribution >= 4 is 44.2 Å². The van der Waals surface area contributed by atoms with Crippen LogP contribution in [0.15, 0.2) is 30.3 Å². The lowest BCUT2D eigenvalue weighted by atomic mass is 10.1. The zero-order valence-electron chi connectivity index (χ0n) is 19.6. The van der Waals surface area contributed by atoms with Crippen molar-refractivity contribution < 1.29 is 23.7 Å². The third-order valence-corrected chi connectivity index (χ3v) is 6.66. The average Bonchev–Trinajstić information content (AvgIpc) is 3.48. The van der Waals surface area contributed by atoms with Gasteiger partial charge in [-0.25, -0.2) is 4.98 Å². The number of halogens is 1. The van der Waals surface area contributed by atoms with Crippen LogP contribution < -0.4 is 19.1 Å². The molecule has 0 N–H and O–H groups in total. The molecule has 2 heterocycles. The lowest BCUT2D eigenvalue weighted by Gasteiger charge is -2.24. The van der Waals surface area contributed by atoms with Crippen LogP contribution in [0.25, 0.3) is 10.2 Å². The minimum absolute atomic E-state index is 0.0417. The average molecular weight is 505 g/mol. The van der Waals surface area contributed by atoms with Crippen LogP contribution in [0.3, 0.4) is 0 Å². The maximum atomic E-state index is 13.9. The molecular formula is C25H29ClN2O5S. The Balaban J connectivity index is 1.76. The van der Waals surface area contributed by atoms with E-state index >= 15 is 0 Å². The number of nitrogens with zero attached hydrogens (tertiary/aromatic N) is 2. The highest BCUT2D eigenvalue weighted by molar-refractivity contribution is 7.22. The highest BCUT2D eigenvalue weighted by atomic mass is 35.5. The van der Waals surface area contributed by atoms with Gasteiger partial charge < -0.3 is 18.9 Å². The van der Waals surface area contributed by atoms with Crippen molar-refractivity contribution in [1.82, 2.24) is 4.98 Å². The summed E-state index contributed by atoms with van der Waals surface area (Å²) in [5.41, 5.74) is 1.23. The number of amides is 1. The van der Waals surface area contributed by atoms with Crippen molar-refractivity contribution in [2.75, 3.05) is 37.9 Å². The summed E-state index contributed by atoms with van der Waals surface area (Å²) in [5, 5.41) is 1.23. The van der Waals surface area contributed by atoms with Gasteiger partial charge in [0.15, 0.2) is 16.6 Å². The minimum atomic E-state index is -0.203. The molecule has 0 spiro atoms. The SMILES string of the molecule is CCOc1cc(C(=O)N(CC2CCCO2)c2nc3ccc(Cl)cc3s2)cc(OCC)c1OCC. The number of hydrogen-bond acceptors (Lipinski definition) is 7. The number of ether oxygens (including phenoxy) is 4. The van der Waals surface area contributed by atoms with Gasteiger partial charge in [-0.2, -0.15) is 0 Å². The van der Waals surface area contributed by atoms with E-state index in [-0.39, 0.29) is 12.0 Å². The van der Waals surface area contributed by atoms with Gasteiger partial charge in [0.25, 0.3) is 5.91 Å². The number of hydrogen-bond donors (Lipinski definition) is 0. The van der Waals surface area contributed by atoms with Gasteiger partial charge in [0.1, 0.15) is 0 Å². The summed E-state index contributed by atoms with van der Waals surface area (Å²) in [7, 11) is 0. The highest BCUT2D eigenvalue weighted by Gasteiger charge is 2.29. The van der Waals surface area contributed by atoms with Crippen LogP contribution in [0.2, 0.25) is 5.02 Å². The second kappa shape index (κ2) is 11.3. The molecule has 0 radical (unpaired) electrons. The van der Waals surface area contributed by atoms with Crippen LogP contribution in [0.1, 0.15) is 44.0 Å². The molecule has 7 nitrogen and oxygen atoms in total. The molecule has 0 aliphatic carbocycles. The van der Waals surface area contributed by atoms with Crippen LogP contribution >= 0.6 is 22.9 Å². The first-order valence-corrected chi connectivity index (χ1v) is 12.8. The Morgan fingerprint density at radius 3 is 2.44 bits per heavy atom. The van der Waals surface area contributed by atoms with Gasteiger partial charge >= 0.3 is 0 Å². The second-order valence-electron chi connectivity index (χ2n) is 7.76. The fourth-order valence-corrected chi connectivity index (χ4v) is 5.16. The number of benzene rings is 2. The molecule has 3 aromatic rings. The molecule has 1 aromatic heterocycles. The maximum Gasteiger partial charge on any atom is 0.260 e. The summed E-state index contributed by atoms with van der Waals surface area (Å²) in [4.78, 5) is 20.3. The summed E-state index contributed by atoms with van der Waals surface area (Å²) in [6.45, 7) is 8.10. The first-order valence-electron chi connectivity index (χ1n) is 11.6. The third-order valence-electron chi connectivity index (χ3n) is 5.38. The lowest BCUT2D eigenvalue weighted by Crippen LogP contribution is -2.37. The monoisotopic (exact) mass is 504 g/mol. The molecule has 1 amide bonds. The zero-order chi connectivity index (χ0) is 24.1. The van der Waals surface area contributed by atoms with E-state index < -0.39 is 0 Å². The van der Waals surface area contributed by atoms with E-state index in [0.717, 1.165) is 23.1 Å². The van der Waals surface area contributed by atoms with Gasteiger partial charge in [0.05, 0.1) is 42.7 Å². The topological polar surface area (TPSA) is 70.1 Å². The van der Waals surface area contributed by atoms with Crippen molar-refractivity contribution in [3.63, 3.8) is 0 Å². The van der Waals surface area contributed by atoms with E-state index in [0.29, 0.717) is 65.9 Å². The molecule has 1 saturated heterocycles. The number of fused-ring (bicyclic) bond motifs is 1. The van der Waals surface area contributed by atoms with Crippen molar-refractivity contribution in [3.8, 4) is 17.2 Å². The zero-order valence-corrected chi connectivity index (χ0v) is 21.2. The number of rotatable bonds is 10. The van der Waals surface area contributed by atoms with Crippen LogP contribution in [-0.4, -0.2) is 50.0 Å². The number of aromatic nitrogens is 1. The molecule has 1 fully saturated rings.